The Morgan fingerprint density at radius 1 is 1.33 bits per heavy atom. The zero-order valence-electron chi connectivity index (χ0n) is 9.65. The van der Waals surface area contributed by atoms with Crippen molar-refractivity contribution in [1.29, 1.82) is 0 Å². The summed E-state index contributed by atoms with van der Waals surface area (Å²) in [5.74, 6) is -3.48. The van der Waals surface area contributed by atoms with Crippen molar-refractivity contribution in [3.63, 3.8) is 0 Å². The second-order valence-electron chi connectivity index (χ2n) is 3.33. The van der Waals surface area contributed by atoms with Gasteiger partial charge in [-0.05, 0) is 23.8 Å². The number of carbonyl (C=O) groups is 1. The molecule has 0 unspecified atom stereocenters. The second kappa shape index (κ2) is 6.70. The van der Waals surface area contributed by atoms with Crippen LogP contribution in [0.3, 0.4) is 0 Å². The molecule has 18 heavy (non-hydrogen) atoms. The van der Waals surface area contributed by atoms with Gasteiger partial charge in [0, 0.05) is 13.2 Å². The van der Waals surface area contributed by atoms with Crippen LogP contribution < -0.4 is 4.74 Å². The van der Waals surface area contributed by atoms with E-state index in [9.17, 15) is 13.6 Å². The fraction of sp³-hybridized carbons (Fsp3) is 0.250. The quantitative estimate of drug-likeness (QED) is 0.627. The third-order valence-electron chi connectivity index (χ3n) is 1.97. The number of benzene rings is 1. The van der Waals surface area contributed by atoms with Crippen LogP contribution in [-0.2, 0) is 9.53 Å². The minimum atomic E-state index is -1.20. The van der Waals surface area contributed by atoms with Crippen molar-refractivity contribution in [1.82, 2.24) is 0 Å². The lowest BCUT2D eigenvalue weighted by Crippen LogP contribution is -2.07. The Kier molecular flexibility index (Phi) is 5.26. The number of aliphatic carboxylic acids is 1. The van der Waals surface area contributed by atoms with E-state index in [1.54, 1.807) is 0 Å². The van der Waals surface area contributed by atoms with Crippen molar-refractivity contribution in [3.05, 3.63) is 35.4 Å². The van der Waals surface area contributed by atoms with Gasteiger partial charge >= 0.3 is 5.97 Å². The molecule has 0 aliphatic carbocycles. The maximum atomic E-state index is 13.5. The molecule has 0 saturated carbocycles. The molecule has 98 valence electrons. The maximum Gasteiger partial charge on any atom is 0.328 e. The third kappa shape index (κ3) is 4.14. The molecule has 1 N–H and O–H groups in total. The van der Waals surface area contributed by atoms with Crippen LogP contribution in [0.4, 0.5) is 8.78 Å². The van der Waals surface area contributed by atoms with Crippen LogP contribution in [0.1, 0.15) is 5.56 Å². The Balaban J connectivity index is 2.87. The number of carboxylic acid groups (broad SMARTS) is 1. The molecular weight excluding hydrogens is 246 g/mol. The molecule has 0 aliphatic rings. The summed E-state index contributed by atoms with van der Waals surface area (Å²) >= 11 is 0. The van der Waals surface area contributed by atoms with Crippen LogP contribution in [-0.4, -0.2) is 31.4 Å². The number of rotatable bonds is 6. The number of carboxylic acids is 1. The van der Waals surface area contributed by atoms with E-state index in [-0.39, 0.29) is 18.8 Å². The average molecular weight is 258 g/mol. The highest BCUT2D eigenvalue weighted by molar-refractivity contribution is 5.85. The molecule has 0 amide bonds. The van der Waals surface area contributed by atoms with E-state index in [1.807, 2.05) is 0 Å². The Bertz CT molecular complexity index is 434. The van der Waals surface area contributed by atoms with Gasteiger partial charge in [-0.2, -0.15) is 0 Å². The fourth-order valence-electron chi connectivity index (χ4n) is 1.21. The van der Waals surface area contributed by atoms with Crippen LogP contribution >= 0.6 is 0 Å². The highest BCUT2D eigenvalue weighted by atomic mass is 19.1. The van der Waals surface area contributed by atoms with Crippen molar-refractivity contribution in [2.45, 2.75) is 0 Å². The standard InChI is InChI=1S/C12H12F2O4/c1-17-4-5-18-12-9(13)6-8(7-10(12)14)2-3-11(15)16/h2-3,6-7H,4-5H2,1H3,(H,15,16). The van der Waals surface area contributed by atoms with Crippen LogP contribution in [0.5, 0.6) is 5.75 Å². The first-order valence-corrected chi connectivity index (χ1v) is 5.06. The molecule has 0 aliphatic heterocycles. The van der Waals surface area contributed by atoms with Gasteiger partial charge in [0.1, 0.15) is 6.61 Å². The average Bonchev–Trinajstić information content (AvgIpc) is 2.30. The predicted molar refractivity (Wildman–Crippen MR) is 60.4 cm³/mol. The number of methoxy groups -OCH3 is 1. The second-order valence-corrected chi connectivity index (χ2v) is 3.33. The van der Waals surface area contributed by atoms with Crippen LogP contribution in [0.2, 0.25) is 0 Å². The highest BCUT2D eigenvalue weighted by Gasteiger charge is 2.11. The predicted octanol–water partition coefficient (Wildman–Crippen LogP) is 2.09. The normalized spacial score (nSPS) is 10.8. The summed E-state index contributed by atoms with van der Waals surface area (Å²) in [4.78, 5) is 10.3. The van der Waals surface area contributed by atoms with Crippen LogP contribution in [0.15, 0.2) is 18.2 Å². The van der Waals surface area contributed by atoms with Gasteiger partial charge in [-0.3, -0.25) is 0 Å². The monoisotopic (exact) mass is 258 g/mol. The fourth-order valence-corrected chi connectivity index (χ4v) is 1.21. The molecule has 0 heterocycles. The zero-order chi connectivity index (χ0) is 13.5. The number of hydrogen-bond acceptors (Lipinski definition) is 3. The molecule has 0 atom stereocenters. The summed E-state index contributed by atoms with van der Waals surface area (Å²) in [6.07, 6.45) is 1.88. The largest absolute Gasteiger partial charge is 0.485 e. The zero-order valence-corrected chi connectivity index (χ0v) is 9.65. The first-order valence-electron chi connectivity index (χ1n) is 5.06. The molecule has 0 aromatic heterocycles. The van der Waals surface area contributed by atoms with Gasteiger partial charge in [0.15, 0.2) is 17.4 Å². The van der Waals surface area contributed by atoms with E-state index in [0.717, 1.165) is 24.3 Å². The molecule has 4 nitrogen and oxygen atoms in total. The molecule has 6 heteroatoms. The summed E-state index contributed by atoms with van der Waals surface area (Å²) in [5, 5.41) is 8.40. The Morgan fingerprint density at radius 3 is 2.44 bits per heavy atom. The summed E-state index contributed by atoms with van der Waals surface area (Å²) in [7, 11) is 1.44. The molecule has 0 saturated heterocycles. The molecule has 0 radical (unpaired) electrons. The van der Waals surface area contributed by atoms with E-state index in [2.05, 4.69) is 4.74 Å². The lowest BCUT2D eigenvalue weighted by molar-refractivity contribution is -0.131. The Labute approximate surface area is 102 Å². The van der Waals surface area contributed by atoms with E-state index in [1.165, 1.54) is 7.11 Å². The van der Waals surface area contributed by atoms with E-state index < -0.39 is 23.4 Å². The SMILES string of the molecule is COCCOc1c(F)cc(C=CC(=O)O)cc1F. The molecule has 1 aromatic carbocycles. The van der Waals surface area contributed by atoms with Crippen molar-refractivity contribution >= 4 is 12.0 Å². The van der Waals surface area contributed by atoms with Gasteiger partial charge in [-0.25, -0.2) is 13.6 Å². The van der Waals surface area contributed by atoms with Crippen molar-refractivity contribution in [3.8, 4) is 5.75 Å². The smallest absolute Gasteiger partial charge is 0.328 e. The molecule has 1 rings (SSSR count). The molecule has 0 bridgehead atoms. The highest BCUT2D eigenvalue weighted by Crippen LogP contribution is 2.23. The summed E-state index contributed by atoms with van der Waals surface area (Å²) in [5.41, 5.74) is 0.103. The first-order chi connectivity index (χ1) is 8.54. The van der Waals surface area contributed by atoms with Crippen LogP contribution in [0.25, 0.3) is 6.08 Å². The number of ether oxygens (including phenoxy) is 2. The minimum Gasteiger partial charge on any atom is -0.485 e. The molecule has 0 spiro atoms. The van der Waals surface area contributed by atoms with Gasteiger partial charge in [0.2, 0.25) is 0 Å². The summed E-state index contributed by atoms with van der Waals surface area (Å²) in [6, 6.07) is 1.98. The minimum absolute atomic E-state index is 0.0225. The van der Waals surface area contributed by atoms with E-state index in [0.29, 0.717) is 0 Å². The third-order valence-corrected chi connectivity index (χ3v) is 1.97. The first kappa shape index (κ1) is 14.1. The van der Waals surface area contributed by atoms with Gasteiger partial charge < -0.3 is 14.6 Å². The summed E-state index contributed by atoms with van der Waals surface area (Å²) < 4.78 is 36.5. The van der Waals surface area contributed by atoms with Gasteiger partial charge in [0.05, 0.1) is 6.61 Å². The van der Waals surface area contributed by atoms with Gasteiger partial charge in [-0.15, -0.1) is 0 Å². The molecular formula is C12H12F2O4. The van der Waals surface area contributed by atoms with Crippen molar-refractivity contribution in [2.75, 3.05) is 20.3 Å². The topological polar surface area (TPSA) is 55.8 Å². The van der Waals surface area contributed by atoms with Gasteiger partial charge in [-0.1, -0.05) is 0 Å². The van der Waals surface area contributed by atoms with Crippen LogP contribution in [0, 0.1) is 11.6 Å². The lowest BCUT2D eigenvalue weighted by Gasteiger charge is -2.08. The Hall–Kier alpha value is -1.95. The Morgan fingerprint density at radius 2 is 1.94 bits per heavy atom. The lowest BCUT2D eigenvalue weighted by atomic mass is 10.2. The molecule has 0 fully saturated rings. The maximum absolute atomic E-state index is 13.5. The van der Waals surface area contributed by atoms with Gasteiger partial charge in [0.25, 0.3) is 0 Å². The van der Waals surface area contributed by atoms with Crippen molar-refractivity contribution in [2.24, 2.45) is 0 Å². The molecule has 1 aromatic rings. The summed E-state index contributed by atoms with van der Waals surface area (Å²) in [6.45, 7) is 0.230. The number of hydrogen-bond donors (Lipinski definition) is 1. The van der Waals surface area contributed by atoms with E-state index >= 15 is 0 Å². The van der Waals surface area contributed by atoms with Crippen molar-refractivity contribution < 1.29 is 28.2 Å². The number of halogens is 2. The van der Waals surface area contributed by atoms with E-state index in [4.69, 9.17) is 9.84 Å².